The Labute approximate surface area is 112 Å². The molecule has 1 aliphatic rings. The first kappa shape index (κ1) is 15.4. The number of hydrogen-bond acceptors (Lipinski definition) is 4. The highest BCUT2D eigenvalue weighted by atomic mass is 15.3. The highest BCUT2D eigenvalue weighted by molar-refractivity contribution is 4.93. The number of piperazine rings is 1. The zero-order valence-corrected chi connectivity index (χ0v) is 12.4. The predicted octanol–water partition coefficient (Wildman–Crippen LogP) is 1.29. The van der Waals surface area contributed by atoms with Crippen molar-refractivity contribution in [2.75, 3.05) is 39.3 Å². The quantitative estimate of drug-likeness (QED) is 0.801. The molecule has 18 heavy (non-hydrogen) atoms. The van der Waals surface area contributed by atoms with Crippen molar-refractivity contribution in [3.63, 3.8) is 0 Å². The third kappa shape index (κ3) is 4.93. The summed E-state index contributed by atoms with van der Waals surface area (Å²) in [5.41, 5.74) is 0.265. The number of nitriles is 1. The molecule has 1 aliphatic heterocycles. The normalized spacial score (nSPS) is 20.6. The van der Waals surface area contributed by atoms with E-state index in [-0.39, 0.29) is 11.6 Å². The molecule has 0 aromatic rings. The van der Waals surface area contributed by atoms with E-state index in [1.54, 1.807) is 0 Å². The van der Waals surface area contributed by atoms with E-state index in [1.165, 1.54) is 0 Å². The highest BCUT2D eigenvalue weighted by Crippen LogP contribution is 2.15. The SMILES string of the molecule is CCCNC(C#N)CN1CCN(C(C)(C)C)CC1. The van der Waals surface area contributed by atoms with Crippen LogP contribution in [-0.4, -0.2) is 60.6 Å². The van der Waals surface area contributed by atoms with Crippen LogP contribution >= 0.6 is 0 Å². The molecule has 1 atom stereocenters. The maximum atomic E-state index is 9.11. The van der Waals surface area contributed by atoms with E-state index in [9.17, 15) is 0 Å². The van der Waals surface area contributed by atoms with Crippen molar-refractivity contribution in [1.29, 1.82) is 5.26 Å². The summed E-state index contributed by atoms with van der Waals surface area (Å²) in [6.45, 7) is 15.1. The molecule has 0 amide bonds. The molecule has 0 radical (unpaired) electrons. The lowest BCUT2D eigenvalue weighted by Gasteiger charge is -2.42. The van der Waals surface area contributed by atoms with Crippen molar-refractivity contribution in [1.82, 2.24) is 15.1 Å². The fourth-order valence-corrected chi connectivity index (χ4v) is 2.33. The van der Waals surface area contributed by atoms with Gasteiger partial charge in [0.15, 0.2) is 0 Å². The summed E-state index contributed by atoms with van der Waals surface area (Å²) in [7, 11) is 0. The van der Waals surface area contributed by atoms with Gasteiger partial charge in [-0.3, -0.25) is 9.80 Å². The topological polar surface area (TPSA) is 42.3 Å². The number of nitrogens with one attached hydrogen (secondary N) is 1. The van der Waals surface area contributed by atoms with Crippen molar-refractivity contribution in [3.8, 4) is 6.07 Å². The Balaban J connectivity index is 2.32. The lowest BCUT2D eigenvalue weighted by molar-refractivity contribution is 0.0604. The Morgan fingerprint density at radius 3 is 2.28 bits per heavy atom. The zero-order valence-electron chi connectivity index (χ0n) is 12.4. The van der Waals surface area contributed by atoms with Crippen molar-refractivity contribution >= 4 is 0 Å². The molecular formula is C14H28N4. The van der Waals surface area contributed by atoms with Gasteiger partial charge in [-0.2, -0.15) is 5.26 Å². The second-order valence-corrected chi connectivity index (χ2v) is 6.09. The first-order chi connectivity index (χ1) is 8.47. The van der Waals surface area contributed by atoms with Gasteiger partial charge < -0.3 is 5.32 Å². The van der Waals surface area contributed by atoms with Crippen LogP contribution in [-0.2, 0) is 0 Å². The molecule has 0 spiro atoms. The molecule has 1 fully saturated rings. The lowest BCUT2D eigenvalue weighted by atomic mass is 10.0. The summed E-state index contributed by atoms with van der Waals surface area (Å²) in [6.07, 6.45) is 1.08. The van der Waals surface area contributed by atoms with Gasteiger partial charge in [0.25, 0.3) is 0 Å². The maximum absolute atomic E-state index is 9.11. The van der Waals surface area contributed by atoms with Crippen molar-refractivity contribution in [3.05, 3.63) is 0 Å². The van der Waals surface area contributed by atoms with Gasteiger partial charge in [0.1, 0.15) is 6.04 Å². The maximum Gasteiger partial charge on any atom is 0.108 e. The average Bonchev–Trinajstić information content (AvgIpc) is 2.34. The molecule has 4 heteroatoms. The van der Waals surface area contributed by atoms with Gasteiger partial charge in [0.05, 0.1) is 6.07 Å². The largest absolute Gasteiger partial charge is 0.301 e. The monoisotopic (exact) mass is 252 g/mol. The van der Waals surface area contributed by atoms with Crippen molar-refractivity contribution in [2.45, 2.75) is 45.7 Å². The summed E-state index contributed by atoms with van der Waals surface area (Å²) in [4.78, 5) is 4.92. The Morgan fingerprint density at radius 1 is 1.22 bits per heavy atom. The van der Waals surface area contributed by atoms with Crippen molar-refractivity contribution < 1.29 is 0 Å². The molecule has 1 saturated heterocycles. The Bertz CT molecular complexity index is 268. The van der Waals surface area contributed by atoms with Crippen LogP contribution in [0.4, 0.5) is 0 Å². The molecular weight excluding hydrogens is 224 g/mol. The molecule has 0 bridgehead atoms. The predicted molar refractivity (Wildman–Crippen MR) is 75.5 cm³/mol. The molecule has 0 aromatic carbocycles. The lowest BCUT2D eigenvalue weighted by Crippen LogP contribution is -2.55. The van der Waals surface area contributed by atoms with Gasteiger partial charge in [-0.15, -0.1) is 0 Å². The molecule has 0 saturated carbocycles. The summed E-state index contributed by atoms with van der Waals surface area (Å²) < 4.78 is 0. The Hall–Kier alpha value is -0.630. The molecule has 0 aromatic heterocycles. The van der Waals surface area contributed by atoms with E-state index in [0.29, 0.717) is 0 Å². The minimum Gasteiger partial charge on any atom is -0.301 e. The van der Waals surface area contributed by atoms with E-state index in [4.69, 9.17) is 5.26 Å². The fourth-order valence-electron chi connectivity index (χ4n) is 2.33. The zero-order chi connectivity index (χ0) is 13.6. The van der Waals surface area contributed by atoms with Gasteiger partial charge in [-0.1, -0.05) is 6.92 Å². The summed E-state index contributed by atoms with van der Waals surface area (Å²) in [5, 5.41) is 12.4. The molecule has 1 rings (SSSR count). The fraction of sp³-hybridized carbons (Fsp3) is 0.929. The standard InChI is InChI=1S/C14H28N4/c1-5-6-16-13(11-15)12-17-7-9-18(10-8-17)14(2,3)4/h13,16H,5-10,12H2,1-4H3. The highest BCUT2D eigenvalue weighted by Gasteiger charge is 2.26. The van der Waals surface area contributed by atoms with Crippen molar-refractivity contribution in [2.24, 2.45) is 0 Å². The molecule has 1 unspecified atom stereocenters. The first-order valence-electron chi connectivity index (χ1n) is 7.07. The summed E-state index contributed by atoms with van der Waals surface area (Å²) in [6, 6.07) is 2.34. The summed E-state index contributed by atoms with van der Waals surface area (Å²) >= 11 is 0. The van der Waals surface area contributed by atoms with E-state index in [1.807, 2.05) is 0 Å². The molecule has 104 valence electrons. The van der Waals surface area contributed by atoms with Crippen LogP contribution in [0.3, 0.4) is 0 Å². The van der Waals surface area contributed by atoms with Crippen LogP contribution in [0.15, 0.2) is 0 Å². The van der Waals surface area contributed by atoms with E-state index >= 15 is 0 Å². The van der Waals surface area contributed by atoms with E-state index < -0.39 is 0 Å². The molecule has 1 N–H and O–H groups in total. The molecule has 1 heterocycles. The second kappa shape index (κ2) is 7.08. The second-order valence-electron chi connectivity index (χ2n) is 6.09. The van der Waals surface area contributed by atoms with Crippen LogP contribution in [0.25, 0.3) is 0 Å². The van der Waals surface area contributed by atoms with Crippen LogP contribution in [0.1, 0.15) is 34.1 Å². The number of hydrogen-bond donors (Lipinski definition) is 1. The summed E-state index contributed by atoms with van der Waals surface area (Å²) in [5.74, 6) is 0. The average molecular weight is 252 g/mol. The van der Waals surface area contributed by atoms with E-state index in [0.717, 1.165) is 45.7 Å². The van der Waals surface area contributed by atoms with Crippen LogP contribution < -0.4 is 5.32 Å². The van der Waals surface area contributed by atoms with Crippen LogP contribution in [0.5, 0.6) is 0 Å². The Kier molecular flexibility index (Phi) is 6.07. The third-order valence-corrected chi connectivity index (χ3v) is 3.56. The smallest absolute Gasteiger partial charge is 0.108 e. The van der Waals surface area contributed by atoms with E-state index in [2.05, 4.69) is 48.9 Å². The van der Waals surface area contributed by atoms with Crippen LogP contribution in [0, 0.1) is 11.3 Å². The third-order valence-electron chi connectivity index (χ3n) is 3.56. The molecule has 0 aliphatic carbocycles. The van der Waals surface area contributed by atoms with Crippen LogP contribution in [0.2, 0.25) is 0 Å². The molecule has 4 nitrogen and oxygen atoms in total. The number of rotatable bonds is 5. The van der Waals surface area contributed by atoms with Gasteiger partial charge in [0, 0.05) is 38.3 Å². The minimum absolute atomic E-state index is 0.0221. The first-order valence-corrected chi connectivity index (χ1v) is 7.07. The minimum atomic E-state index is -0.0221. The number of nitrogens with zero attached hydrogens (tertiary/aromatic N) is 3. The Morgan fingerprint density at radius 2 is 1.83 bits per heavy atom. The van der Waals surface area contributed by atoms with Gasteiger partial charge in [0.2, 0.25) is 0 Å². The van der Waals surface area contributed by atoms with Gasteiger partial charge in [-0.05, 0) is 33.7 Å². The van der Waals surface area contributed by atoms with Gasteiger partial charge in [-0.25, -0.2) is 0 Å². The van der Waals surface area contributed by atoms with Gasteiger partial charge >= 0.3 is 0 Å².